The average molecular weight is 1000 g/mol. The third kappa shape index (κ3) is 6.90. The van der Waals surface area contributed by atoms with Crippen molar-refractivity contribution in [3.63, 3.8) is 0 Å². The predicted molar refractivity (Wildman–Crippen MR) is 318 cm³/mol. The van der Waals surface area contributed by atoms with Gasteiger partial charge < -0.3 is 0 Å². The van der Waals surface area contributed by atoms with Crippen LogP contribution in [0.25, 0.3) is 76.6 Å². The highest BCUT2D eigenvalue weighted by molar-refractivity contribution is 7.26. The molecule has 0 saturated heterocycles. The lowest BCUT2D eigenvalue weighted by molar-refractivity contribution is 0.760. The fourth-order valence-corrected chi connectivity index (χ4v) is 19.2. The van der Waals surface area contributed by atoms with Gasteiger partial charge in [0, 0.05) is 48.7 Å². The van der Waals surface area contributed by atoms with Gasteiger partial charge in [0.1, 0.15) is 0 Å². The van der Waals surface area contributed by atoms with Crippen LogP contribution in [0.4, 0.5) is 0 Å². The summed E-state index contributed by atoms with van der Waals surface area (Å²) >= 11 is 1.84. The van der Waals surface area contributed by atoms with Crippen molar-refractivity contribution in [1.29, 1.82) is 0 Å². The molecule has 2 unspecified atom stereocenters. The summed E-state index contributed by atoms with van der Waals surface area (Å²) < 4.78 is 2.57. The standard InChI is InChI=1S/C71H47N3SSi/c1-5-23-46(24-6-1)69-72-70(48-26-19-25-47(45-48)52-38-21-43-62-65(52)58-37-17-18-42-61(58)75-62)74-71(73-69)57-36-16-13-33-53(57)54-39-20-40-59-64-55-34-14-15-35-56(55)68(66(54)59)67-60(64)41-22-44-63(67)76(49-27-7-2-8-28-49,50-29-9-3-10-30-50)51-31-11-4-12-32-51/h1-45,64,68H. The van der Waals surface area contributed by atoms with Gasteiger partial charge >= 0.3 is 0 Å². The maximum absolute atomic E-state index is 5.49. The van der Waals surface area contributed by atoms with Gasteiger partial charge in [-0.25, -0.2) is 15.0 Å². The zero-order chi connectivity index (χ0) is 50.2. The van der Waals surface area contributed by atoms with E-state index in [1.54, 1.807) is 0 Å². The van der Waals surface area contributed by atoms with E-state index >= 15 is 0 Å². The van der Waals surface area contributed by atoms with E-state index in [1.807, 2.05) is 17.4 Å². The molecule has 3 aliphatic rings. The summed E-state index contributed by atoms with van der Waals surface area (Å²) in [5.74, 6) is 1.91. The Labute approximate surface area is 447 Å². The van der Waals surface area contributed by atoms with E-state index in [2.05, 4.69) is 267 Å². The first kappa shape index (κ1) is 44.4. The first-order valence-corrected chi connectivity index (χ1v) is 29.0. The molecule has 3 aliphatic carbocycles. The monoisotopic (exact) mass is 1000 g/mol. The van der Waals surface area contributed by atoms with Crippen molar-refractivity contribution in [2.24, 2.45) is 0 Å². The van der Waals surface area contributed by atoms with Gasteiger partial charge in [0.2, 0.25) is 0 Å². The Morgan fingerprint density at radius 1 is 0.303 bits per heavy atom. The third-order valence-electron chi connectivity index (χ3n) is 16.1. The summed E-state index contributed by atoms with van der Waals surface area (Å²) in [6.07, 6.45) is 0. The first-order chi connectivity index (χ1) is 37.7. The molecular formula is C71H47N3SSi. The van der Waals surface area contributed by atoms with Crippen LogP contribution in [0.3, 0.4) is 0 Å². The second-order valence-corrected chi connectivity index (χ2v) is 24.9. The number of hydrogen-bond donors (Lipinski definition) is 0. The van der Waals surface area contributed by atoms with Gasteiger partial charge in [-0.15, -0.1) is 11.3 Å². The van der Waals surface area contributed by atoms with E-state index in [-0.39, 0.29) is 11.8 Å². The van der Waals surface area contributed by atoms with Crippen LogP contribution in [0.2, 0.25) is 0 Å². The lowest BCUT2D eigenvalue weighted by atomic mass is 9.60. The van der Waals surface area contributed by atoms with Crippen LogP contribution in [-0.2, 0) is 0 Å². The van der Waals surface area contributed by atoms with Crippen molar-refractivity contribution in [1.82, 2.24) is 15.0 Å². The highest BCUT2D eigenvalue weighted by atomic mass is 32.1. The highest BCUT2D eigenvalue weighted by Gasteiger charge is 2.49. The smallest absolute Gasteiger partial charge is 0.179 e. The molecule has 0 radical (unpaired) electrons. The predicted octanol–water partition coefficient (Wildman–Crippen LogP) is 14.9. The van der Waals surface area contributed by atoms with Gasteiger partial charge in [-0.1, -0.05) is 255 Å². The fraction of sp³-hybridized carbons (Fsp3) is 0.0282. The second kappa shape index (κ2) is 18.1. The summed E-state index contributed by atoms with van der Waals surface area (Å²) in [6, 6.07) is 101. The highest BCUT2D eigenvalue weighted by Crippen LogP contribution is 2.58. The molecule has 0 aliphatic heterocycles. The largest absolute Gasteiger partial charge is 0.208 e. The lowest BCUT2D eigenvalue weighted by Crippen LogP contribution is -2.75. The van der Waals surface area contributed by atoms with Crippen LogP contribution in [0.1, 0.15) is 45.2 Å². The van der Waals surface area contributed by atoms with E-state index in [0.717, 1.165) is 27.8 Å². The molecule has 0 fully saturated rings. The van der Waals surface area contributed by atoms with Gasteiger partial charge in [-0.3, -0.25) is 0 Å². The van der Waals surface area contributed by atoms with E-state index in [9.17, 15) is 0 Å². The molecule has 2 atom stereocenters. The Kier molecular flexibility index (Phi) is 10.5. The van der Waals surface area contributed by atoms with Crippen molar-refractivity contribution in [3.8, 4) is 56.4 Å². The average Bonchev–Trinajstić information content (AvgIpc) is 4.05. The lowest BCUT2D eigenvalue weighted by Gasteiger charge is -2.47. The molecule has 13 aromatic rings. The molecule has 76 heavy (non-hydrogen) atoms. The van der Waals surface area contributed by atoms with Gasteiger partial charge in [0.05, 0.1) is 0 Å². The molecule has 2 aromatic heterocycles. The topological polar surface area (TPSA) is 38.7 Å². The molecule has 0 spiro atoms. The number of hydrogen-bond acceptors (Lipinski definition) is 4. The van der Waals surface area contributed by atoms with Crippen molar-refractivity contribution in [2.45, 2.75) is 11.8 Å². The van der Waals surface area contributed by atoms with Crippen LogP contribution in [0, 0.1) is 0 Å². The summed E-state index contributed by atoms with van der Waals surface area (Å²) in [4.78, 5) is 16.2. The second-order valence-electron chi connectivity index (χ2n) is 20.0. The minimum absolute atomic E-state index is 0.0454. The number of benzene rings is 11. The SMILES string of the molecule is c1ccc(-c2nc(-c3cccc(-c4cccc5sc6ccccc6c45)c3)nc(-c3ccccc3-c3cccc4c3C3c5ccccc5C4c4cccc([Si](c5ccccc5)(c5ccccc5)c5ccccc5)c43)n2)cc1. The molecule has 16 rings (SSSR count). The summed E-state index contributed by atoms with van der Waals surface area (Å²) in [6.45, 7) is 0. The molecule has 2 bridgehead atoms. The fourth-order valence-electron chi connectivity index (χ4n) is 13.0. The molecule has 0 N–H and O–H groups in total. The van der Waals surface area contributed by atoms with Gasteiger partial charge in [-0.2, -0.15) is 0 Å². The molecule has 5 heteroatoms. The van der Waals surface area contributed by atoms with Crippen molar-refractivity contribution in [3.05, 3.63) is 306 Å². The number of aromatic nitrogens is 3. The maximum Gasteiger partial charge on any atom is 0.179 e. The molecule has 0 saturated carbocycles. The number of thiophene rings is 1. The summed E-state index contributed by atoms with van der Waals surface area (Å²) in [5, 5.41) is 8.11. The molecule has 11 aromatic carbocycles. The minimum Gasteiger partial charge on any atom is -0.208 e. The van der Waals surface area contributed by atoms with Crippen LogP contribution in [0.15, 0.2) is 273 Å². The summed E-state index contributed by atoms with van der Waals surface area (Å²) in [7, 11) is -2.97. The third-order valence-corrected chi connectivity index (χ3v) is 22.1. The van der Waals surface area contributed by atoms with E-state index < -0.39 is 8.07 Å². The van der Waals surface area contributed by atoms with Crippen molar-refractivity contribution < 1.29 is 0 Å². The quantitative estimate of drug-likeness (QED) is 0.107. The summed E-state index contributed by atoms with van der Waals surface area (Å²) in [5.41, 5.74) is 15.8. The maximum atomic E-state index is 5.49. The normalized spacial score (nSPS) is 14.3. The van der Waals surface area contributed by atoms with Crippen LogP contribution >= 0.6 is 11.3 Å². The van der Waals surface area contributed by atoms with Crippen LogP contribution < -0.4 is 20.7 Å². The Hall–Kier alpha value is -9.13. The van der Waals surface area contributed by atoms with Gasteiger partial charge in [0.15, 0.2) is 25.5 Å². The molecule has 356 valence electrons. The molecule has 0 amide bonds. The molecule has 2 heterocycles. The van der Waals surface area contributed by atoms with Crippen molar-refractivity contribution >= 4 is 60.3 Å². The zero-order valence-corrected chi connectivity index (χ0v) is 43.2. The van der Waals surface area contributed by atoms with Gasteiger partial charge in [-0.05, 0) is 94.6 Å². The minimum atomic E-state index is -2.97. The van der Waals surface area contributed by atoms with E-state index in [4.69, 9.17) is 15.0 Å². The number of nitrogens with zero attached hydrogens (tertiary/aromatic N) is 3. The number of rotatable bonds is 9. The Morgan fingerprint density at radius 3 is 1.47 bits per heavy atom. The van der Waals surface area contributed by atoms with Crippen LogP contribution in [0.5, 0.6) is 0 Å². The Bertz CT molecular complexity index is 4270. The molecule has 3 nitrogen and oxygen atoms in total. The Morgan fingerprint density at radius 2 is 0.763 bits per heavy atom. The number of fused-ring (bicyclic) bond motifs is 3. The van der Waals surface area contributed by atoms with Crippen molar-refractivity contribution in [2.75, 3.05) is 0 Å². The van der Waals surface area contributed by atoms with Crippen LogP contribution in [-0.4, -0.2) is 23.0 Å². The zero-order valence-electron chi connectivity index (χ0n) is 41.4. The van der Waals surface area contributed by atoms with Gasteiger partial charge in [0.25, 0.3) is 0 Å². The molecular weight excluding hydrogens is 955 g/mol. The van der Waals surface area contributed by atoms with E-state index in [0.29, 0.717) is 17.5 Å². The first-order valence-electron chi connectivity index (χ1n) is 26.2. The Balaban J connectivity index is 0.944. The van der Waals surface area contributed by atoms with E-state index in [1.165, 1.54) is 85.4 Å².